The molecule has 2 aliphatic rings. The summed E-state index contributed by atoms with van der Waals surface area (Å²) in [6, 6.07) is 0.203. The Balaban J connectivity index is 1.79. The van der Waals surface area contributed by atoms with Crippen LogP contribution in [-0.4, -0.2) is 41.6 Å². The van der Waals surface area contributed by atoms with Crippen LogP contribution in [0, 0.1) is 11.8 Å². The summed E-state index contributed by atoms with van der Waals surface area (Å²) in [5.41, 5.74) is -0.458. The number of fused-ring (bicyclic) bond motifs is 1. The average Bonchev–Trinajstić information content (AvgIpc) is 2.73. The van der Waals surface area contributed by atoms with Crippen LogP contribution in [0.2, 0.25) is 0 Å². The molecule has 18 heavy (non-hydrogen) atoms. The van der Waals surface area contributed by atoms with Crippen LogP contribution in [0.25, 0.3) is 0 Å². The van der Waals surface area contributed by atoms with Gasteiger partial charge in [-0.25, -0.2) is 4.79 Å². The third-order valence-electron chi connectivity index (χ3n) is 3.34. The van der Waals surface area contributed by atoms with Gasteiger partial charge in [0.15, 0.2) is 0 Å². The summed E-state index contributed by atoms with van der Waals surface area (Å²) in [5, 5.41) is 2.88. The van der Waals surface area contributed by atoms with Gasteiger partial charge in [-0.05, 0) is 26.8 Å². The zero-order valence-electron chi connectivity index (χ0n) is 11.1. The number of likely N-dealkylation sites (tertiary alicyclic amines) is 1. The predicted octanol–water partition coefficient (Wildman–Crippen LogP) is 1.15. The monoisotopic (exact) mass is 252 g/mol. The molecule has 3 atom stereocenters. The van der Waals surface area contributed by atoms with Crippen LogP contribution in [-0.2, 0) is 9.53 Å². The van der Waals surface area contributed by atoms with Crippen molar-refractivity contribution in [3.05, 3.63) is 12.7 Å². The summed E-state index contributed by atoms with van der Waals surface area (Å²) in [4.78, 5) is 24.7. The molecule has 100 valence electrons. The summed E-state index contributed by atoms with van der Waals surface area (Å²) >= 11 is 0. The number of nitrogens with one attached hydrogen (secondary N) is 1. The number of ether oxygens (including phenoxy) is 1. The molecule has 0 spiro atoms. The Morgan fingerprint density at radius 2 is 1.89 bits per heavy atom. The highest BCUT2D eigenvalue weighted by Gasteiger charge is 2.57. The van der Waals surface area contributed by atoms with Crippen molar-refractivity contribution in [1.82, 2.24) is 10.2 Å². The van der Waals surface area contributed by atoms with E-state index >= 15 is 0 Å². The topological polar surface area (TPSA) is 58.6 Å². The van der Waals surface area contributed by atoms with Crippen LogP contribution in [0.5, 0.6) is 0 Å². The normalized spacial score (nSPS) is 29.5. The molecule has 1 saturated carbocycles. The molecule has 0 aromatic rings. The molecule has 2 amide bonds. The predicted molar refractivity (Wildman–Crippen MR) is 66.9 cm³/mol. The lowest BCUT2D eigenvalue weighted by molar-refractivity contribution is -0.116. The molecule has 2 fully saturated rings. The van der Waals surface area contributed by atoms with Gasteiger partial charge >= 0.3 is 6.09 Å². The molecular formula is C13H20N2O3. The lowest BCUT2D eigenvalue weighted by atomic mass is 10.2. The number of piperidine rings is 1. The summed E-state index contributed by atoms with van der Waals surface area (Å²) in [5.74, 6) is 0.612. The first kappa shape index (κ1) is 12.9. The molecule has 1 aliphatic carbocycles. The van der Waals surface area contributed by atoms with E-state index in [0.717, 1.165) is 0 Å². The highest BCUT2D eigenvalue weighted by Crippen LogP contribution is 2.45. The Bertz CT molecular complexity index is 374. The van der Waals surface area contributed by atoms with Gasteiger partial charge in [0, 0.05) is 31.0 Å². The Morgan fingerprint density at radius 3 is 2.33 bits per heavy atom. The molecule has 1 heterocycles. The van der Waals surface area contributed by atoms with Crippen molar-refractivity contribution in [3.63, 3.8) is 0 Å². The zero-order valence-corrected chi connectivity index (χ0v) is 11.1. The van der Waals surface area contributed by atoms with Gasteiger partial charge in [0.2, 0.25) is 5.91 Å². The van der Waals surface area contributed by atoms with Gasteiger partial charge in [-0.3, -0.25) is 4.79 Å². The van der Waals surface area contributed by atoms with Crippen molar-refractivity contribution in [2.75, 3.05) is 13.1 Å². The standard InChI is InChI=1S/C13H20N2O3/c1-5-10(16)14-11-8-6-15(7-9(8)11)12(17)18-13(2,3)4/h5,8-9,11H,1,6-7H2,2-4H3,(H,14,16)/t8-,9+,11+. The number of amides is 2. The fourth-order valence-electron chi connectivity index (χ4n) is 2.44. The second-order valence-electron chi connectivity index (χ2n) is 5.95. The van der Waals surface area contributed by atoms with Crippen molar-refractivity contribution >= 4 is 12.0 Å². The average molecular weight is 252 g/mol. The van der Waals surface area contributed by atoms with Crippen molar-refractivity contribution in [1.29, 1.82) is 0 Å². The number of hydrogen-bond acceptors (Lipinski definition) is 3. The molecule has 1 aliphatic heterocycles. The highest BCUT2D eigenvalue weighted by atomic mass is 16.6. The Morgan fingerprint density at radius 1 is 1.33 bits per heavy atom. The maximum Gasteiger partial charge on any atom is 0.410 e. The number of nitrogens with zero attached hydrogens (tertiary/aromatic N) is 1. The van der Waals surface area contributed by atoms with E-state index in [1.807, 2.05) is 20.8 Å². The fourth-order valence-corrected chi connectivity index (χ4v) is 2.44. The second-order valence-corrected chi connectivity index (χ2v) is 5.95. The summed E-state index contributed by atoms with van der Waals surface area (Å²) < 4.78 is 5.31. The lowest BCUT2D eigenvalue weighted by Gasteiger charge is -2.25. The van der Waals surface area contributed by atoms with Gasteiger partial charge in [-0.1, -0.05) is 6.58 Å². The van der Waals surface area contributed by atoms with Gasteiger partial charge in [0.05, 0.1) is 0 Å². The van der Waals surface area contributed by atoms with Crippen molar-refractivity contribution < 1.29 is 14.3 Å². The fraction of sp³-hybridized carbons (Fsp3) is 0.692. The smallest absolute Gasteiger partial charge is 0.410 e. The molecule has 0 bridgehead atoms. The van der Waals surface area contributed by atoms with Crippen LogP contribution in [0.1, 0.15) is 20.8 Å². The van der Waals surface area contributed by atoms with Crippen LogP contribution in [0.15, 0.2) is 12.7 Å². The quantitative estimate of drug-likeness (QED) is 0.750. The number of hydrogen-bond donors (Lipinski definition) is 1. The van der Waals surface area contributed by atoms with Gasteiger partial charge < -0.3 is 15.0 Å². The van der Waals surface area contributed by atoms with Gasteiger partial charge in [-0.15, -0.1) is 0 Å². The molecular weight excluding hydrogens is 232 g/mol. The van der Waals surface area contributed by atoms with Crippen molar-refractivity contribution in [2.45, 2.75) is 32.4 Å². The molecule has 1 N–H and O–H groups in total. The van der Waals surface area contributed by atoms with E-state index in [-0.39, 0.29) is 18.0 Å². The largest absolute Gasteiger partial charge is 0.444 e. The first-order chi connectivity index (χ1) is 8.31. The molecule has 2 rings (SSSR count). The van der Waals surface area contributed by atoms with E-state index < -0.39 is 5.60 Å². The molecule has 0 unspecified atom stereocenters. The van der Waals surface area contributed by atoms with Crippen molar-refractivity contribution in [2.24, 2.45) is 11.8 Å². The first-order valence-corrected chi connectivity index (χ1v) is 6.22. The van der Waals surface area contributed by atoms with Crippen LogP contribution < -0.4 is 5.32 Å². The van der Waals surface area contributed by atoms with E-state index in [1.54, 1.807) is 4.90 Å². The van der Waals surface area contributed by atoms with Crippen LogP contribution in [0.4, 0.5) is 4.79 Å². The van der Waals surface area contributed by atoms with E-state index in [2.05, 4.69) is 11.9 Å². The van der Waals surface area contributed by atoms with E-state index in [1.165, 1.54) is 6.08 Å². The van der Waals surface area contributed by atoms with E-state index in [0.29, 0.717) is 24.9 Å². The Kier molecular flexibility index (Phi) is 3.09. The lowest BCUT2D eigenvalue weighted by Crippen LogP contribution is -2.39. The van der Waals surface area contributed by atoms with Gasteiger partial charge in [-0.2, -0.15) is 0 Å². The van der Waals surface area contributed by atoms with E-state index in [4.69, 9.17) is 4.74 Å². The number of carbonyl (C=O) groups is 2. The minimum Gasteiger partial charge on any atom is -0.444 e. The van der Waals surface area contributed by atoms with Crippen LogP contribution in [0.3, 0.4) is 0 Å². The third kappa shape index (κ3) is 2.66. The summed E-state index contributed by atoms with van der Waals surface area (Å²) in [6.45, 7) is 10.3. The first-order valence-electron chi connectivity index (χ1n) is 6.22. The molecule has 0 radical (unpaired) electrons. The summed E-state index contributed by atoms with van der Waals surface area (Å²) in [7, 11) is 0. The SMILES string of the molecule is C=CC(=O)N[C@H]1[C@@H]2CN(C(=O)OC(C)(C)C)C[C@@H]21. The minimum absolute atomic E-state index is 0.141. The van der Waals surface area contributed by atoms with Gasteiger partial charge in [0.1, 0.15) is 5.60 Å². The number of carbonyl (C=O) groups excluding carboxylic acids is 2. The number of rotatable bonds is 2. The molecule has 5 heteroatoms. The second kappa shape index (κ2) is 4.30. The Hall–Kier alpha value is -1.52. The molecule has 5 nitrogen and oxygen atoms in total. The van der Waals surface area contributed by atoms with Crippen LogP contribution >= 0.6 is 0 Å². The Labute approximate surface area is 107 Å². The maximum atomic E-state index is 11.8. The van der Waals surface area contributed by atoms with Crippen molar-refractivity contribution in [3.8, 4) is 0 Å². The van der Waals surface area contributed by atoms with E-state index in [9.17, 15) is 9.59 Å². The third-order valence-corrected chi connectivity index (χ3v) is 3.34. The van der Waals surface area contributed by atoms with Gasteiger partial charge in [0.25, 0.3) is 0 Å². The molecule has 0 aromatic heterocycles. The zero-order chi connectivity index (χ0) is 13.5. The minimum atomic E-state index is -0.458. The molecule has 1 saturated heterocycles. The molecule has 0 aromatic carbocycles. The maximum absolute atomic E-state index is 11.8. The highest BCUT2D eigenvalue weighted by molar-refractivity contribution is 5.87. The summed E-state index contributed by atoms with van der Waals surface area (Å²) in [6.07, 6.45) is 1.02.